The maximum absolute atomic E-state index is 13.1. The third-order valence-electron chi connectivity index (χ3n) is 6.03. The molecule has 1 aromatic carbocycles. The van der Waals surface area contributed by atoms with E-state index in [1.54, 1.807) is 11.3 Å². The molecular formula is C23H26N4O2S2. The fourth-order valence-electron chi connectivity index (χ4n) is 3.96. The molecule has 5 rings (SSSR count). The van der Waals surface area contributed by atoms with Gasteiger partial charge in [0, 0.05) is 25.3 Å². The summed E-state index contributed by atoms with van der Waals surface area (Å²) >= 11 is 2.99. The van der Waals surface area contributed by atoms with Gasteiger partial charge in [-0.25, -0.2) is 4.98 Å². The van der Waals surface area contributed by atoms with Crippen molar-refractivity contribution in [2.45, 2.75) is 32.6 Å². The lowest BCUT2D eigenvalue weighted by atomic mass is 9.97. The number of aromatic nitrogens is 1. The Morgan fingerprint density at radius 3 is 2.81 bits per heavy atom. The Labute approximate surface area is 189 Å². The Morgan fingerprint density at radius 2 is 2.03 bits per heavy atom. The summed E-state index contributed by atoms with van der Waals surface area (Å²) in [5.74, 6) is 0.691. The molecule has 8 heteroatoms. The molecule has 1 saturated carbocycles. The van der Waals surface area contributed by atoms with E-state index in [2.05, 4.69) is 28.6 Å². The predicted molar refractivity (Wildman–Crippen MR) is 126 cm³/mol. The van der Waals surface area contributed by atoms with Gasteiger partial charge in [-0.2, -0.15) is 0 Å². The first-order valence-electron chi connectivity index (χ1n) is 10.9. The van der Waals surface area contributed by atoms with Gasteiger partial charge in [0.25, 0.3) is 5.91 Å². The Hall–Kier alpha value is -2.45. The van der Waals surface area contributed by atoms with Crippen molar-refractivity contribution in [1.29, 1.82) is 0 Å². The smallest absolute Gasteiger partial charge is 0.264 e. The fraction of sp³-hybridized carbons (Fsp3) is 0.435. The zero-order valence-corrected chi connectivity index (χ0v) is 19.2. The molecule has 1 unspecified atom stereocenters. The van der Waals surface area contributed by atoms with Crippen molar-refractivity contribution in [1.82, 2.24) is 15.2 Å². The number of hydrogen-bond acceptors (Lipinski definition) is 6. The molecule has 1 aliphatic carbocycles. The molecule has 0 radical (unpaired) electrons. The van der Waals surface area contributed by atoms with E-state index in [9.17, 15) is 9.59 Å². The second-order valence-electron chi connectivity index (χ2n) is 8.52. The molecule has 162 valence electrons. The minimum Gasteiger partial charge on any atom is -0.356 e. The van der Waals surface area contributed by atoms with E-state index in [1.807, 2.05) is 29.2 Å². The number of piperidine rings is 1. The number of likely N-dealkylation sites (tertiary alicyclic amines) is 1. The van der Waals surface area contributed by atoms with Crippen LogP contribution in [0.15, 0.2) is 30.3 Å². The summed E-state index contributed by atoms with van der Waals surface area (Å²) in [4.78, 5) is 33.7. The van der Waals surface area contributed by atoms with E-state index in [0.717, 1.165) is 45.3 Å². The third kappa shape index (κ3) is 4.60. The molecule has 2 N–H and O–H groups in total. The van der Waals surface area contributed by atoms with Crippen LogP contribution in [0.3, 0.4) is 0 Å². The molecule has 0 bridgehead atoms. The van der Waals surface area contributed by atoms with Crippen LogP contribution < -0.4 is 10.6 Å². The summed E-state index contributed by atoms with van der Waals surface area (Å²) in [5, 5.41) is 7.28. The summed E-state index contributed by atoms with van der Waals surface area (Å²) < 4.78 is 1.01. The highest BCUT2D eigenvalue weighted by Crippen LogP contribution is 2.35. The standard InChI is InChI=1S/C23H26N4O2S2/c1-14-5-2-3-7-17(14)25-23-26-21-18(31-23)11-19(30-21)22(29)27-10-4-6-16(13-27)20(28)24-12-15-8-9-15/h2-3,5,7,11,15-16H,4,6,8-10,12-13H2,1H3,(H,24,28)(H,25,26). The molecule has 2 aliphatic rings. The summed E-state index contributed by atoms with van der Waals surface area (Å²) in [6.07, 6.45) is 4.17. The molecular weight excluding hydrogens is 428 g/mol. The minimum absolute atomic E-state index is 0.0169. The Kier molecular flexibility index (Phi) is 5.67. The van der Waals surface area contributed by atoms with Crippen molar-refractivity contribution in [3.63, 3.8) is 0 Å². The molecule has 0 spiro atoms. The van der Waals surface area contributed by atoms with E-state index in [-0.39, 0.29) is 17.7 Å². The number of anilines is 2. The van der Waals surface area contributed by atoms with Gasteiger partial charge < -0.3 is 15.5 Å². The maximum Gasteiger partial charge on any atom is 0.264 e. The average molecular weight is 455 g/mol. The van der Waals surface area contributed by atoms with E-state index < -0.39 is 0 Å². The summed E-state index contributed by atoms with van der Waals surface area (Å²) in [7, 11) is 0. The fourth-order valence-corrected chi connectivity index (χ4v) is 6.06. The quantitative estimate of drug-likeness (QED) is 0.562. The first-order valence-corrected chi connectivity index (χ1v) is 12.5. The van der Waals surface area contributed by atoms with Crippen LogP contribution in [-0.4, -0.2) is 41.3 Å². The van der Waals surface area contributed by atoms with Gasteiger partial charge >= 0.3 is 0 Å². The van der Waals surface area contributed by atoms with Crippen molar-refractivity contribution in [3.8, 4) is 0 Å². The second kappa shape index (κ2) is 8.59. The number of thiazole rings is 1. The van der Waals surface area contributed by atoms with E-state index >= 15 is 0 Å². The molecule has 31 heavy (non-hydrogen) atoms. The molecule has 1 atom stereocenters. The topological polar surface area (TPSA) is 74.3 Å². The van der Waals surface area contributed by atoms with Crippen molar-refractivity contribution in [3.05, 3.63) is 40.8 Å². The van der Waals surface area contributed by atoms with Crippen molar-refractivity contribution >= 4 is 54.8 Å². The van der Waals surface area contributed by atoms with Crippen LogP contribution in [0.2, 0.25) is 0 Å². The highest BCUT2D eigenvalue weighted by atomic mass is 32.1. The third-order valence-corrected chi connectivity index (χ3v) is 8.09. The van der Waals surface area contributed by atoms with Gasteiger partial charge in [-0.1, -0.05) is 29.5 Å². The maximum atomic E-state index is 13.1. The number of benzene rings is 1. The molecule has 3 aromatic rings. The first kappa shape index (κ1) is 20.5. The number of thiophene rings is 1. The number of nitrogens with zero attached hydrogens (tertiary/aromatic N) is 2. The Balaban J connectivity index is 1.24. The Morgan fingerprint density at radius 1 is 1.19 bits per heavy atom. The van der Waals surface area contributed by atoms with Gasteiger partial charge in [-0.15, -0.1) is 11.3 Å². The van der Waals surface area contributed by atoms with Crippen molar-refractivity contribution < 1.29 is 9.59 Å². The lowest BCUT2D eigenvalue weighted by molar-refractivity contribution is -0.126. The monoisotopic (exact) mass is 454 g/mol. The van der Waals surface area contributed by atoms with Crippen LogP contribution in [0.25, 0.3) is 9.53 Å². The summed E-state index contributed by atoms with van der Waals surface area (Å²) in [5.41, 5.74) is 2.21. The van der Waals surface area contributed by atoms with Crippen LogP contribution in [0.4, 0.5) is 10.8 Å². The highest BCUT2D eigenvalue weighted by Gasteiger charge is 2.31. The number of carbonyl (C=O) groups excluding carboxylic acids is 2. The zero-order chi connectivity index (χ0) is 21.4. The van der Waals surface area contributed by atoms with E-state index in [1.165, 1.54) is 24.2 Å². The molecule has 6 nitrogen and oxygen atoms in total. The zero-order valence-electron chi connectivity index (χ0n) is 17.5. The first-order chi connectivity index (χ1) is 15.1. The highest BCUT2D eigenvalue weighted by molar-refractivity contribution is 7.29. The normalized spacial score (nSPS) is 18.9. The molecule has 1 aliphatic heterocycles. The second-order valence-corrected chi connectivity index (χ2v) is 10.6. The predicted octanol–water partition coefficient (Wildman–Crippen LogP) is 4.79. The lowest BCUT2D eigenvalue weighted by Crippen LogP contribution is -2.45. The van der Waals surface area contributed by atoms with Gasteiger partial charge in [0.2, 0.25) is 5.91 Å². The van der Waals surface area contributed by atoms with Crippen LogP contribution in [-0.2, 0) is 4.79 Å². The molecule has 3 heterocycles. The van der Waals surface area contributed by atoms with Gasteiger partial charge in [0.15, 0.2) is 5.13 Å². The lowest BCUT2D eigenvalue weighted by Gasteiger charge is -2.31. The number of rotatable bonds is 6. The summed E-state index contributed by atoms with van der Waals surface area (Å²) in [6.45, 7) is 4.07. The largest absolute Gasteiger partial charge is 0.356 e. The molecule has 2 aromatic heterocycles. The van der Waals surface area contributed by atoms with E-state index in [4.69, 9.17) is 0 Å². The van der Waals surface area contributed by atoms with Crippen LogP contribution in [0.1, 0.15) is 40.9 Å². The number of para-hydroxylation sites is 1. The van der Waals surface area contributed by atoms with Crippen molar-refractivity contribution in [2.24, 2.45) is 11.8 Å². The van der Waals surface area contributed by atoms with E-state index in [0.29, 0.717) is 23.9 Å². The number of hydrogen-bond donors (Lipinski definition) is 2. The average Bonchev–Trinajstić information content (AvgIpc) is 3.42. The number of nitrogens with one attached hydrogen (secondary N) is 2. The van der Waals surface area contributed by atoms with Gasteiger partial charge in [0.1, 0.15) is 4.83 Å². The number of carbonyl (C=O) groups is 2. The minimum atomic E-state index is -0.0967. The van der Waals surface area contributed by atoms with Gasteiger partial charge in [-0.3, -0.25) is 9.59 Å². The SMILES string of the molecule is Cc1ccccc1Nc1nc2sc(C(=O)N3CCCC(C(=O)NCC4CC4)C3)cc2s1. The molecule has 1 saturated heterocycles. The van der Waals surface area contributed by atoms with Crippen molar-refractivity contribution in [2.75, 3.05) is 25.0 Å². The molecule has 2 amide bonds. The number of amides is 2. The Bertz CT molecular complexity index is 1090. The molecule has 2 fully saturated rings. The number of fused-ring (bicyclic) bond motifs is 1. The number of aryl methyl sites for hydroxylation is 1. The van der Waals surface area contributed by atoms with Gasteiger partial charge in [0.05, 0.1) is 15.5 Å². The van der Waals surface area contributed by atoms with Crippen LogP contribution >= 0.6 is 22.7 Å². The summed E-state index contributed by atoms with van der Waals surface area (Å²) in [6, 6.07) is 10.1. The van der Waals surface area contributed by atoms with Gasteiger partial charge in [-0.05, 0) is 56.2 Å². The van der Waals surface area contributed by atoms with Crippen LogP contribution in [0, 0.1) is 18.8 Å². The van der Waals surface area contributed by atoms with Crippen LogP contribution in [0.5, 0.6) is 0 Å².